The molecule has 2 N–H and O–H groups in total. The van der Waals surface area contributed by atoms with E-state index in [2.05, 4.69) is 20.7 Å². The average Bonchev–Trinajstić information content (AvgIpc) is 2.28. The van der Waals surface area contributed by atoms with Gasteiger partial charge in [0.2, 0.25) is 10.0 Å². The number of rotatable bonds is 5. The van der Waals surface area contributed by atoms with Gasteiger partial charge in [-0.25, -0.2) is 17.9 Å². The van der Waals surface area contributed by atoms with Gasteiger partial charge >= 0.3 is 5.97 Å². The van der Waals surface area contributed by atoms with E-state index < -0.39 is 16.0 Å². The first-order valence-electron chi connectivity index (χ1n) is 4.78. The summed E-state index contributed by atoms with van der Waals surface area (Å²) in [4.78, 5) is 10.6. The van der Waals surface area contributed by atoms with Crippen molar-refractivity contribution in [1.82, 2.24) is 4.72 Å². The zero-order valence-corrected chi connectivity index (χ0v) is 11.5. The Balaban J connectivity index is 3.03. The highest BCUT2D eigenvalue weighted by Gasteiger charge is 2.18. The third kappa shape index (κ3) is 3.53. The van der Waals surface area contributed by atoms with Crippen molar-refractivity contribution >= 4 is 31.9 Å². The highest BCUT2D eigenvalue weighted by molar-refractivity contribution is 9.10. The number of hydrogen-bond donors (Lipinski definition) is 2. The van der Waals surface area contributed by atoms with Crippen LogP contribution >= 0.6 is 15.9 Å². The summed E-state index contributed by atoms with van der Waals surface area (Å²) in [5.74, 6) is -1.14. The van der Waals surface area contributed by atoms with Gasteiger partial charge in [-0.3, -0.25) is 0 Å². The molecule has 1 rings (SSSR count). The molecule has 96 valence electrons. The second-order valence-corrected chi connectivity index (χ2v) is 5.85. The van der Waals surface area contributed by atoms with Crippen LogP contribution < -0.4 is 4.72 Å². The molecule has 0 aliphatic heterocycles. The number of hydrogen-bond acceptors (Lipinski definition) is 4. The number of nitrogens with zero attached hydrogens (tertiary/aromatic N) is 1. The van der Waals surface area contributed by atoms with Gasteiger partial charge in [-0.2, -0.15) is 5.26 Å². The first-order chi connectivity index (χ1) is 8.38. The van der Waals surface area contributed by atoms with E-state index in [1.807, 2.05) is 6.07 Å². The lowest BCUT2D eigenvalue weighted by atomic mass is 10.2. The first-order valence-corrected chi connectivity index (χ1v) is 7.05. The van der Waals surface area contributed by atoms with Gasteiger partial charge in [0.15, 0.2) is 0 Å². The molecule has 18 heavy (non-hydrogen) atoms. The van der Waals surface area contributed by atoms with Crippen LogP contribution in [0.15, 0.2) is 27.6 Å². The molecule has 0 aliphatic rings. The minimum absolute atomic E-state index is 0.00591. The Morgan fingerprint density at radius 2 is 2.17 bits per heavy atom. The van der Waals surface area contributed by atoms with Crippen LogP contribution in [-0.2, 0) is 10.0 Å². The molecular formula is C10H9BrN2O4S. The van der Waals surface area contributed by atoms with Gasteiger partial charge in [0.25, 0.3) is 0 Å². The van der Waals surface area contributed by atoms with Crippen molar-refractivity contribution in [3.8, 4) is 6.07 Å². The van der Waals surface area contributed by atoms with E-state index >= 15 is 0 Å². The summed E-state index contributed by atoms with van der Waals surface area (Å²) in [5, 5.41) is 17.1. The molecule has 0 heterocycles. The molecule has 0 saturated carbocycles. The van der Waals surface area contributed by atoms with Crippen molar-refractivity contribution < 1.29 is 18.3 Å². The number of nitriles is 1. The van der Waals surface area contributed by atoms with Crippen molar-refractivity contribution in [1.29, 1.82) is 5.26 Å². The fourth-order valence-electron chi connectivity index (χ4n) is 1.17. The lowest BCUT2D eigenvalue weighted by Crippen LogP contribution is -2.25. The number of aromatic carboxylic acids is 1. The Hall–Kier alpha value is -1.43. The topological polar surface area (TPSA) is 107 Å². The van der Waals surface area contributed by atoms with Crippen LogP contribution in [-0.4, -0.2) is 26.0 Å². The maximum Gasteiger partial charge on any atom is 0.335 e. The van der Waals surface area contributed by atoms with Crippen LogP contribution in [0.2, 0.25) is 0 Å². The molecule has 8 heteroatoms. The van der Waals surface area contributed by atoms with Crippen molar-refractivity contribution in [3.63, 3.8) is 0 Å². The highest BCUT2D eigenvalue weighted by atomic mass is 79.9. The number of carboxylic acids is 1. The molecule has 0 bridgehead atoms. The van der Waals surface area contributed by atoms with Crippen LogP contribution in [0.1, 0.15) is 16.8 Å². The average molecular weight is 333 g/mol. The predicted octanol–water partition coefficient (Wildman–Crippen LogP) is 1.34. The first kappa shape index (κ1) is 14.6. The molecule has 0 unspecified atom stereocenters. The van der Waals surface area contributed by atoms with Gasteiger partial charge in [0.05, 0.1) is 16.5 Å². The lowest BCUT2D eigenvalue weighted by Gasteiger charge is -2.07. The summed E-state index contributed by atoms with van der Waals surface area (Å²) >= 11 is 3.01. The third-order valence-electron chi connectivity index (χ3n) is 2.00. The lowest BCUT2D eigenvalue weighted by molar-refractivity contribution is 0.0696. The smallest absolute Gasteiger partial charge is 0.335 e. The quantitative estimate of drug-likeness (QED) is 0.791. The molecular weight excluding hydrogens is 324 g/mol. The molecule has 0 atom stereocenters. The summed E-state index contributed by atoms with van der Waals surface area (Å²) in [6, 6.07) is 5.42. The summed E-state index contributed by atoms with van der Waals surface area (Å²) < 4.78 is 26.0. The Labute approximate surface area is 112 Å². The van der Waals surface area contributed by atoms with Crippen LogP contribution in [0, 0.1) is 11.3 Å². The number of carboxylic acid groups (broad SMARTS) is 1. The monoisotopic (exact) mass is 332 g/mol. The zero-order valence-electron chi connectivity index (χ0n) is 9.05. The van der Waals surface area contributed by atoms with Crippen molar-refractivity contribution in [3.05, 3.63) is 28.2 Å². The summed E-state index contributed by atoms with van der Waals surface area (Å²) in [5.41, 5.74) is -0.0159. The number of sulfonamides is 1. The molecule has 0 fully saturated rings. The van der Waals surface area contributed by atoms with Gasteiger partial charge in [-0.15, -0.1) is 0 Å². The number of benzene rings is 1. The minimum atomic E-state index is -3.75. The van der Waals surface area contributed by atoms with Crippen molar-refractivity contribution in [2.75, 3.05) is 6.54 Å². The van der Waals surface area contributed by atoms with E-state index in [1.54, 1.807) is 0 Å². The molecule has 0 radical (unpaired) electrons. The summed E-state index contributed by atoms with van der Waals surface area (Å²) in [6.45, 7) is 0.00591. The maximum atomic E-state index is 11.8. The zero-order chi connectivity index (χ0) is 13.8. The number of nitrogens with one attached hydrogen (secondary N) is 1. The van der Waals surface area contributed by atoms with Crippen LogP contribution in [0.5, 0.6) is 0 Å². The molecule has 0 saturated heterocycles. The standard InChI is InChI=1S/C10H9BrN2O4S/c11-8-6-7(10(14)15)2-3-9(8)18(16,17)13-5-1-4-12/h2-3,6,13H,1,5H2,(H,14,15). The molecule has 0 aliphatic carbocycles. The van der Waals surface area contributed by atoms with E-state index in [9.17, 15) is 13.2 Å². The number of halogens is 1. The van der Waals surface area contributed by atoms with Crippen LogP contribution in [0.25, 0.3) is 0 Å². The van der Waals surface area contributed by atoms with Gasteiger partial charge in [-0.1, -0.05) is 0 Å². The van der Waals surface area contributed by atoms with E-state index in [0.717, 1.165) is 0 Å². The normalized spacial score (nSPS) is 10.9. The fourth-order valence-corrected chi connectivity index (χ4v) is 3.28. The van der Waals surface area contributed by atoms with Crippen molar-refractivity contribution in [2.45, 2.75) is 11.3 Å². The SMILES string of the molecule is N#CCCNS(=O)(=O)c1ccc(C(=O)O)cc1Br. The maximum absolute atomic E-state index is 11.8. The predicted molar refractivity (Wildman–Crippen MR) is 66.5 cm³/mol. The Morgan fingerprint density at radius 3 is 2.67 bits per heavy atom. The Morgan fingerprint density at radius 1 is 1.50 bits per heavy atom. The van der Waals surface area contributed by atoms with Gasteiger partial charge in [0, 0.05) is 17.4 Å². The second kappa shape index (κ2) is 5.95. The molecule has 1 aromatic carbocycles. The Kier molecular flexibility index (Phi) is 4.84. The highest BCUT2D eigenvalue weighted by Crippen LogP contribution is 2.23. The van der Waals surface area contributed by atoms with Gasteiger partial charge < -0.3 is 5.11 Å². The van der Waals surface area contributed by atoms with Crippen LogP contribution in [0.4, 0.5) is 0 Å². The van der Waals surface area contributed by atoms with E-state index in [-0.39, 0.29) is 27.9 Å². The van der Waals surface area contributed by atoms with Crippen molar-refractivity contribution in [2.24, 2.45) is 0 Å². The van der Waals surface area contributed by atoms with E-state index in [0.29, 0.717) is 0 Å². The molecule has 0 spiro atoms. The third-order valence-corrected chi connectivity index (χ3v) is 4.43. The van der Waals surface area contributed by atoms with E-state index in [4.69, 9.17) is 10.4 Å². The molecule has 6 nitrogen and oxygen atoms in total. The minimum Gasteiger partial charge on any atom is -0.478 e. The molecule has 0 amide bonds. The molecule has 0 aromatic heterocycles. The summed E-state index contributed by atoms with van der Waals surface area (Å²) in [7, 11) is -3.75. The van der Waals surface area contributed by atoms with Gasteiger partial charge in [-0.05, 0) is 34.1 Å². The molecule has 1 aromatic rings. The second-order valence-electron chi connectivity index (χ2n) is 3.26. The Bertz CT molecular complexity index is 607. The van der Waals surface area contributed by atoms with E-state index in [1.165, 1.54) is 18.2 Å². The summed E-state index contributed by atoms with van der Waals surface area (Å²) in [6.07, 6.45) is 0.0596. The van der Waals surface area contributed by atoms with Crippen LogP contribution in [0.3, 0.4) is 0 Å². The largest absolute Gasteiger partial charge is 0.478 e. The number of carbonyl (C=O) groups is 1. The van der Waals surface area contributed by atoms with Gasteiger partial charge in [0.1, 0.15) is 0 Å². The fraction of sp³-hybridized carbons (Fsp3) is 0.200.